The molecule has 5 nitrogen and oxygen atoms in total. The third kappa shape index (κ3) is 6.47. The van der Waals surface area contributed by atoms with Crippen molar-refractivity contribution in [1.82, 2.24) is 15.1 Å². The molecule has 162 valence electrons. The van der Waals surface area contributed by atoms with Gasteiger partial charge in [0.25, 0.3) is 5.91 Å². The van der Waals surface area contributed by atoms with Crippen LogP contribution in [0.5, 0.6) is 11.5 Å². The SMILES string of the molecule is CN1CCN(CCCNC(=O)c2cccc(Oc3cccc(C(F)(F)F)c3)c2)CC1. The Morgan fingerprint density at radius 2 is 1.70 bits per heavy atom. The van der Waals surface area contributed by atoms with Gasteiger partial charge in [-0.3, -0.25) is 4.79 Å². The molecule has 1 fully saturated rings. The first-order valence-corrected chi connectivity index (χ1v) is 9.95. The van der Waals surface area contributed by atoms with Gasteiger partial charge in [-0.2, -0.15) is 13.2 Å². The Balaban J connectivity index is 1.50. The van der Waals surface area contributed by atoms with E-state index in [1.165, 1.54) is 18.2 Å². The van der Waals surface area contributed by atoms with Crippen LogP contribution in [-0.4, -0.2) is 62.0 Å². The Bertz CT molecular complexity index is 850. The number of ether oxygens (including phenoxy) is 1. The van der Waals surface area contributed by atoms with Crippen molar-refractivity contribution in [2.45, 2.75) is 12.6 Å². The van der Waals surface area contributed by atoms with Crippen LogP contribution in [0, 0.1) is 0 Å². The van der Waals surface area contributed by atoms with Crippen molar-refractivity contribution in [2.75, 3.05) is 46.3 Å². The molecule has 8 heteroatoms. The third-order valence-corrected chi connectivity index (χ3v) is 5.03. The zero-order valence-corrected chi connectivity index (χ0v) is 16.9. The third-order valence-electron chi connectivity index (χ3n) is 5.03. The molecule has 0 saturated carbocycles. The fourth-order valence-corrected chi connectivity index (χ4v) is 3.25. The summed E-state index contributed by atoms with van der Waals surface area (Å²) in [7, 11) is 2.11. The number of halogens is 3. The quantitative estimate of drug-likeness (QED) is 0.690. The van der Waals surface area contributed by atoms with Gasteiger partial charge in [-0.25, -0.2) is 0 Å². The van der Waals surface area contributed by atoms with Crippen molar-refractivity contribution in [3.8, 4) is 11.5 Å². The number of alkyl halides is 3. The minimum atomic E-state index is -4.44. The molecule has 1 heterocycles. The first kappa shape index (κ1) is 22.1. The number of rotatable bonds is 7. The molecule has 1 aliphatic heterocycles. The lowest BCUT2D eigenvalue weighted by Crippen LogP contribution is -2.45. The van der Waals surface area contributed by atoms with Crippen molar-refractivity contribution in [3.05, 3.63) is 59.7 Å². The van der Waals surface area contributed by atoms with Gasteiger partial charge < -0.3 is 19.9 Å². The van der Waals surface area contributed by atoms with Crippen LogP contribution in [0.15, 0.2) is 48.5 Å². The second kappa shape index (κ2) is 9.95. The fourth-order valence-electron chi connectivity index (χ4n) is 3.25. The molecule has 2 aromatic carbocycles. The van der Waals surface area contributed by atoms with Gasteiger partial charge in [-0.15, -0.1) is 0 Å². The maximum atomic E-state index is 12.8. The summed E-state index contributed by atoms with van der Waals surface area (Å²) in [5, 5.41) is 2.89. The Morgan fingerprint density at radius 1 is 1.03 bits per heavy atom. The van der Waals surface area contributed by atoms with E-state index in [1.54, 1.807) is 18.2 Å². The topological polar surface area (TPSA) is 44.8 Å². The molecule has 1 amide bonds. The lowest BCUT2D eigenvalue weighted by atomic mass is 10.2. The molecule has 0 aliphatic carbocycles. The number of hydrogen-bond acceptors (Lipinski definition) is 4. The summed E-state index contributed by atoms with van der Waals surface area (Å²) in [4.78, 5) is 17.1. The minimum absolute atomic E-state index is 0.0644. The molecule has 1 N–H and O–H groups in total. The predicted molar refractivity (Wildman–Crippen MR) is 109 cm³/mol. The normalized spacial score (nSPS) is 15.7. The van der Waals surface area contributed by atoms with E-state index in [1.807, 2.05) is 0 Å². The molecule has 0 aromatic heterocycles. The van der Waals surface area contributed by atoms with Crippen molar-refractivity contribution < 1.29 is 22.7 Å². The summed E-state index contributed by atoms with van der Waals surface area (Å²) in [6, 6.07) is 11.1. The number of carbonyl (C=O) groups excluding carboxylic acids is 1. The van der Waals surface area contributed by atoms with E-state index in [-0.39, 0.29) is 11.7 Å². The van der Waals surface area contributed by atoms with Gasteiger partial charge in [0.2, 0.25) is 0 Å². The number of likely N-dealkylation sites (N-methyl/N-ethyl adjacent to an activating group) is 1. The van der Waals surface area contributed by atoms with Gasteiger partial charge in [0.05, 0.1) is 5.56 Å². The lowest BCUT2D eigenvalue weighted by molar-refractivity contribution is -0.137. The first-order chi connectivity index (χ1) is 14.3. The molecule has 0 bridgehead atoms. The van der Waals surface area contributed by atoms with Gasteiger partial charge in [-0.05, 0) is 56.4 Å². The van der Waals surface area contributed by atoms with Crippen LogP contribution >= 0.6 is 0 Å². The van der Waals surface area contributed by atoms with Crippen molar-refractivity contribution in [3.63, 3.8) is 0 Å². The number of carbonyl (C=O) groups is 1. The molecule has 30 heavy (non-hydrogen) atoms. The molecule has 3 rings (SSSR count). The zero-order chi connectivity index (χ0) is 21.6. The molecular weight excluding hydrogens is 395 g/mol. The molecule has 0 unspecified atom stereocenters. The van der Waals surface area contributed by atoms with Crippen LogP contribution in [0.1, 0.15) is 22.3 Å². The monoisotopic (exact) mass is 421 g/mol. The average Bonchev–Trinajstić information content (AvgIpc) is 2.72. The van der Waals surface area contributed by atoms with E-state index in [4.69, 9.17) is 4.74 Å². The maximum absolute atomic E-state index is 12.8. The number of nitrogens with zero attached hydrogens (tertiary/aromatic N) is 2. The molecule has 0 radical (unpaired) electrons. The number of nitrogens with one attached hydrogen (secondary N) is 1. The predicted octanol–water partition coefficient (Wildman–Crippen LogP) is 3.87. The second-order valence-corrected chi connectivity index (χ2v) is 7.41. The van der Waals surface area contributed by atoms with Crippen LogP contribution in [-0.2, 0) is 6.18 Å². The Labute approximate surface area is 174 Å². The van der Waals surface area contributed by atoms with Crippen LogP contribution in [0.4, 0.5) is 13.2 Å². The lowest BCUT2D eigenvalue weighted by Gasteiger charge is -2.32. The summed E-state index contributed by atoms with van der Waals surface area (Å²) in [6.07, 6.45) is -3.58. The molecule has 2 aromatic rings. The number of amides is 1. The Morgan fingerprint density at radius 3 is 2.40 bits per heavy atom. The van der Waals surface area contributed by atoms with E-state index in [9.17, 15) is 18.0 Å². The molecule has 0 spiro atoms. The summed E-state index contributed by atoms with van der Waals surface area (Å²) in [5.41, 5.74) is -0.381. The molecular formula is C22H26F3N3O2. The Hall–Kier alpha value is -2.58. The maximum Gasteiger partial charge on any atom is 0.416 e. The van der Waals surface area contributed by atoms with Gasteiger partial charge in [0.1, 0.15) is 11.5 Å². The van der Waals surface area contributed by atoms with E-state index in [0.717, 1.165) is 51.3 Å². The molecule has 1 saturated heterocycles. The number of piperazine rings is 1. The number of hydrogen-bond donors (Lipinski definition) is 1. The summed E-state index contributed by atoms with van der Waals surface area (Å²) < 4.78 is 44.1. The molecule has 1 aliphatic rings. The largest absolute Gasteiger partial charge is 0.457 e. The van der Waals surface area contributed by atoms with Crippen molar-refractivity contribution in [1.29, 1.82) is 0 Å². The van der Waals surface area contributed by atoms with Gasteiger partial charge in [-0.1, -0.05) is 12.1 Å². The second-order valence-electron chi connectivity index (χ2n) is 7.41. The first-order valence-electron chi connectivity index (χ1n) is 9.95. The van der Waals surface area contributed by atoms with Crippen LogP contribution in [0.25, 0.3) is 0 Å². The van der Waals surface area contributed by atoms with Crippen LogP contribution in [0.3, 0.4) is 0 Å². The van der Waals surface area contributed by atoms with E-state index >= 15 is 0 Å². The van der Waals surface area contributed by atoms with Gasteiger partial charge >= 0.3 is 6.18 Å². The highest BCUT2D eigenvalue weighted by Crippen LogP contribution is 2.32. The number of benzene rings is 2. The smallest absolute Gasteiger partial charge is 0.416 e. The average molecular weight is 421 g/mol. The highest BCUT2D eigenvalue weighted by atomic mass is 19.4. The summed E-state index contributed by atoms with van der Waals surface area (Å²) in [6.45, 7) is 5.70. The van der Waals surface area contributed by atoms with Crippen molar-refractivity contribution in [2.24, 2.45) is 0 Å². The van der Waals surface area contributed by atoms with Crippen LogP contribution < -0.4 is 10.1 Å². The fraction of sp³-hybridized carbons (Fsp3) is 0.409. The highest BCUT2D eigenvalue weighted by Gasteiger charge is 2.30. The standard InChI is InChI=1S/C22H26F3N3O2/c1-27-11-13-28(14-12-27)10-4-9-26-21(29)17-5-2-7-19(15-17)30-20-8-3-6-18(16-20)22(23,24)25/h2-3,5-8,15-16H,4,9-14H2,1H3,(H,26,29). The Kier molecular flexibility index (Phi) is 7.33. The van der Waals surface area contributed by atoms with Crippen molar-refractivity contribution >= 4 is 5.91 Å². The van der Waals surface area contributed by atoms with Gasteiger partial charge in [0, 0.05) is 38.3 Å². The highest BCUT2D eigenvalue weighted by molar-refractivity contribution is 5.94. The minimum Gasteiger partial charge on any atom is -0.457 e. The summed E-state index contributed by atoms with van der Waals surface area (Å²) in [5.74, 6) is 0.136. The van der Waals surface area contributed by atoms with E-state index < -0.39 is 11.7 Å². The van der Waals surface area contributed by atoms with E-state index in [0.29, 0.717) is 17.9 Å². The van der Waals surface area contributed by atoms with E-state index in [2.05, 4.69) is 22.2 Å². The molecule has 0 atom stereocenters. The van der Waals surface area contributed by atoms with Gasteiger partial charge in [0.15, 0.2) is 0 Å². The zero-order valence-electron chi connectivity index (χ0n) is 16.9. The van der Waals surface area contributed by atoms with Crippen LogP contribution in [0.2, 0.25) is 0 Å². The summed E-state index contributed by atoms with van der Waals surface area (Å²) >= 11 is 0.